The van der Waals surface area contributed by atoms with Crippen LogP contribution in [0, 0.1) is 0 Å². The number of phenolic OH excluding ortho intramolecular Hbond substituents is 2. The molecule has 0 fully saturated rings. The largest absolute Gasteiger partial charge is 0.508 e. The summed E-state index contributed by atoms with van der Waals surface area (Å²) in [6, 6.07) is 17.7. The number of fused-ring (bicyclic) bond motifs is 1. The molecule has 5 heteroatoms. The van der Waals surface area contributed by atoms with Crippen LogP contribution in [0.1, 0.15) is 0 Å². The second-order valence-corrected chi connectivity index (χ2v) is 5.14. The molecule has 0 atom stereocenters. The highest BCUT2D eigenvalue weighted by Gasteiger charge is 2.17. The minimum absolute atomic E-state index is 0.0785. The van der Waals surface area contributed by atoms with E-state index >= 15 is 0 Å². The first kappa shape index (κ1) is 13.3. The number of hydrogen-bond donors (Lipinski definition) is 2. The monoisotopic (exact) mass is 304 g/mol. The quantitative estimate of drug-likeness (QED) is 0.586. The van der Waals surface area contributed by atoms with Crippen LogP contribution < -0.4 is 0 Å². The van der Waals surface area contributed by atoms with Crippen LogP contribution in [0.2, 0.25) is 0 Å². The van der Waals surface area contributed by atoms with Gasteiger partial charge in [0.1, 0.15) is 11.5 Å². The molecular weight excluding hydrogens is 292 g/mol. The van der Waals surface area contributed by atoms with Gasteiger partial charge in [0.25, 0.3) is 5.89 Å². The van der Waals surface area contributed by atoms with E-state index in [1.54, 1.807) is 30.3 Å². The molecular formula is C18H12N2O3. The molecule has 1 aromatic heterocycles. The Morgan fingerprint density at radius 1 is 0.783 bits per heavy atom. The van der Waals surface area contributed by atoms with E-state index in [9.17, 15) is 10.2 Å². The minimum Gasteiger partial charge on any atom is -0.508 e. The van der Waals surface area contributed by atoms with E-state index in [0.29, 0.717) is 11.1 Å². The van der Waals surface area contributed by atoms with Crippen molar-refractivity contribution in [2.75, 3.05) is 0 Å². The van der Waals surface area contributed by atoms with Gasteiger partial charge in [0.15, 0.2) is 0 Å². The van der Waals surface area contributed by atoms with Gasteiger partial charge in [0.2, 0.25) is 5.89 Å². The van der Waals surface area contributed by atoms with Crippen LogP contribution in [0.4, 0.5) is 0 Å². The number of benzene rings is 3. The van der Waals surface area contributed by atoms with E-state index in [-0.39, 0.29) is 23.3 Å². The first-order valence-corrected chi connectivity index (χ1v) is 7.06. The molecule has 0 aliphatic rings. The third-order valence-corrected chi connectivity index (χ3v) is 3.64. The molecule has 0 aliphatic heterocycles. The van der Waals surface area contributed by atoms with Gasteiger partial charge in [-0.3, -0.25) is 0 Å². The molecule has 0 bridgehead atoms. The Morgan fingerprint density at radius 3 is 2.48 bits per heavy atom. The van der Waals surface area contributed by atoms with Crippen molar-refractivity contribution in [2.45, 2.75) is 0 Å². The Kier molecular flexibility index (Phi) is 2.98. The van der Waals surface area contributed by atoms with Gasteiger partial charge in [-0.05, 0) is 35.0 Å². The summed E-state index contributed by atoms with van der Waals surface area (Å²) in [7, 11) is 0. The van der Waals surface area contributed by atoms with Crippen molar-refractivity contribution in [2.24, 2.45) is 0 Å². The Bertz CT molecular complexity index is 1010. The molecule has 0 radical (unpaired) electrons. The lowest BCUT2D eigenvalue weighted by molar-refractivity contribution is 0.473. The van der Waals surface area contributed by atoms with Crippen molar-refractivity contribution in [3.8, 4) is 34.4 Å². The zero-order chi connectivity index (χ0) is 15.8. The van der Waals surface area contributed by atoms with Crippen LogP contribution in [0.5, 0.6) is 11.5 Å². The summed E-state index contributed by atoms with van der Waals surface area (Å²) in [5.74, 6) is 0.714. The number of rotatable bonds is 2. The summed E-state index contributed by atoms with van der Waals surface area (Å²) in [6.07, 6.45) is 0. The molecule has 0 spiro atoms. The van der Waals surface area contributed by atoms with E-state index in [1.807, 2.05) is 30.3 Å². The van der Waals surface area contributed by atoms with Gasteiger partial charge in [0.05, 0.1) is 5.56 Å². The average Bonchev–Trinajstić information content (AvgIpc) is 3.04. The van der Waals surface area contributed by atoms with Crippen molar-refractivity contribution in [3.05, 3.63) is 60.7 Å². The van der Waals surface area contributed by atoms with Gasteiger partial charge in [0, 0.05) is 5.56 Å². The molecule has 2 N–H and O–H groups in total. The zero-order valence-electron chi connectivity index (χ0n) is 12.0. The smallest absolute Gasteiger partial charge is 0.252 e. The van der Waals surface area contributed by atoms with Gasteiger partial charge in [-0.25, -0.2) is 0 Å². The second-order valence-electron chi connectivity index (χ2n) is 5.14. The number of phenols is 2. The molecule has 112 valence electrons. The van der Waals surface area contributed by atoms with E-state index in [1.165, 1.54) is 0 Å². The highest BCUT2D eigenvalue weighted by Crippen LogP contribution is 2.36. The average molecular weight is 304 g/mol. The van der Waals surface area contributed by atoms with Crippen LogP contribution in [0.25, 0.3) is 33.7 Å². The maximum Gasteiger partial charge on any atom is 0.252 e. The van der Waals surface area contributed by atoms with Gasteiger partial charge in [-0.2, -0.15) is 0 Å². The van der Waals surface area contributed by atoms with Crippen molar-refractivity contribution < 1.29 is 14.6 Å². The van der Waals surface area contributed by atoms with Crippen molar-refractivity contribution >= 4 is 10.8 Å². The lowest BCUT2D eigenvalue weighted by Gasteiger charge is -2.05. The molecule has 1 heterocycles. The summed E-state index contributed by atoms with van der Waals surface area (Å²) in [5.41, 5.74) is 1.12. The summed E-state index contributed by atoms with van der Waals surface area (Å²) in [5, 5.41) is 29.6. The molecule has 4 rings (SSSR count). The van der Waals surface area contributed by atoms with Crippen molar-refractivity contribution in [3.63, 3.8) is 0 Å². The minimum atomic E-state index is 0.0785. The Labute approximate surface area is 131 Å². The predicted octanol–water partition coefficient (Wildman–Crippen LogP) is 3.97. The lowest BCUT2D eigenvalue weighted by atomic mass is 10.0. The van der Waals surface area contributed by atoms with Crippen LogP contribution in [0.3, 0.4) is 0 Å². The van der Waals surface area contributed by atoms with Gasteiger partial charge in [-0.15, -0.1) is 10.2 Å². The van der Waals surface area contributed by atoms with Gasteiger partial charge >= 0.3 is 0 Å². The Hall–Kier alpha value is -3.34. The number of hydrogen-bond acceptors (Lipinski definition) is 5. The summed E-state index contributed by atoms with van der Waals surface area (Å²) in [4.78, 5) is 0. The fourth-order valence-electron chi connectivity index (χ4n) is 2.56. The molecule has 5 nitrogen and oxygen atoms in total. The van der Waals surface area contributed by atoms with Gasteiger partial charge < -0.3 is 14.6 Å². The first-order valence-electron chi connectivity index (χ1n) is 7.06. The fourth-order valence-corrected chi connectivity index (χ4v) is 2.56. The Balaban J connectivity index is 1.88. The molecule has 0 aliphatic carbocycles. The molecule has 0 saturated heterocycles. The first-order chi connectivity index (χ1) is 11.2. The number of nitrogens with zero attached hydrogens (tertiary/aromatic N) is 2. The SMILES string of the molecule is Oc1cccc(-c2nnc(-c3c(O)ccc4ccccc34)o2)c1. The normalized spacial score (nSPS) is 11.0. The predicted molar refractivity (Wildman–Crippen MR) is 86.0 cm³/mol. The van der Waals surface area contributed by atoms with Crippen LogP contribution >= 0.6 is 0 Å². The summed E-state index contributed by atoms with van der Waals surface area (Å²) < 4.78 is 5.71. The highest BCUT2D eigenvalue weighted by atomic mass is 16.4. The Morgan fingerprint density at radius 2 is 1.61 bits per heavy atom. The van der Waals surface area contributed by atoms with Gasteiger partial charge in [-0.1, -0.05) is 36.4 Å². The fraction of sp³-hybridized carbons (Fsp3) is 0. The van der Waals surface area contributed by atoms with E-state index in [4.69, 9.17) is 4.42 Å². The molecule has 23 heavy (non-hydrogen) atoms. The molecule has 0 unspecified atom stereocenters. The molecule has 3 aromatic carbocycles. The summed E-state index contributed by atoms with van der Waals surface area (Å²) >= 11 is 0. The number of aromatic nitrogens is 2. The second kappa shape index (κ2) is 5.14. The maximum absolute atomic E-state index is 10.2. The zero-order valence-corrected chi connectivity index (χ0v) is 12.0. The molecule has 0 saturated carbocycles. The summed E-state index contributed by atoms with van der Waals surface area (Å²) in [6.45, 7) is 0. The third kappa shape index (κ3) is 2.28. The van der Waals surface area contributed by atoms with Crippen molar-refractivity contribution in [1.82, 2.24) is 10.2 Å². The van der Waals surface area contributed by atoms with E-state index < -0.39 is 0 Å². The van der Waals surface area contributed by atoms with Crippen LogP contribution in [-0.4, -0.2) is 20.4 Å². The molecule has 0 amide bonds. The maximum atomic E-state index is 10.2. The van der Waals surface area contributed by atoms with Crippen LogP contribution in [-0.2, 0) is 0 Å². The number of aromatic hydroxyl groups is 2. The van der Waals surface area contributed by atoms with E-state index in [2.05, 4.69) is 10.2 Å². The van der Waals surface area contributed by atoms with Crippen LogP contribution in [0.15, 0.2) is 65.1 Å². The third-order valence-electron chi connectivity index (χ3n) is 3.64. The lowest BCUT2D eigenvalue weighted by Crippen LogP contribution is -1.83. The standard InChI is InChI=1S/C18H12N2O3/c21-13-6-3-5-12(10-13)17-19-20-18(23-17)16-14-7-2-1-4-11(14)8-9-15(16)22/h1-10,21-22H. The highest BCUT2D eigenvalue weighted by molar-refractivity contribution is 5.97. The van der Waals surface area contributed by atoms with Crippen molar-refractivity contribution in [1.29, 1.82) is 0 Å². The topological polar surface area (TPSA) is 79.4 Å². The van der Waals surface area contributed by atoms with E-state index in [0.717, 1.165) is 10.8 Å². The molecule has 4 aromatic rings.